The summed E-state index contributed by atoms with van der Waals surface area (Å²) >= 11 is 0. The normalized spacial score (nSPS) is 10.4. The molecule has 0 atom stereocenters. The van der Waals surface area contributed by atoms with Crippen LogP contribution in [0, 0.1) is 13.8 Å². The second kappa shape index (κ2) is 5.72. The van der Waals surface area contributed by atoms with Crippen LogP contribution in [-0.4, -0.2) is 0 Å². The predicted octanol–water partition coefficient (Wildman–Crippen LogP) is 4.44. The summed E-state index contributed by atoms with van der Waals surface area (Å²) in [5, 5.41) is 0. The number of rotatable bonds is 4. The Kier molecular flexibility index (Phi) is 4.03. The monoisotopic (exact) mass is 240 g/mol. The van der Waals surface area contributed by atoms with Crippen molar-refractivity contribution in [3.8, 4) is 5.75 Å². The molecule has 0 bridgehead atoms. The van der Waals surface area contributed by atoms with E-state index in [0.29, 0.717) is 6.61 Å². The molecule has 0 N–H and O–H groups in total. The minimum absolute atomic E-state index is 0.645. The summed E-state index contributed by atoms with van der Waals surface area (Å²) < 4.78 is 5.90. The average Bonchev–Trinajstić information content (AvgIpc) is 2.38. The van der Waals surface area contributed by atoms with Gasteiger partial charge in [0.15, 0.2) is 0 Å². The van der Waals surface area contributed by atoms with Crippen LogP contribution < -0.4 is 4.74 Å². The maximum atomic E-state index is 5.90. The minimum atomic E-state index is 0.645. The maximum absolute atomic E-state index is 5.90. The molecule has 0 aliphatic heterocycles. The molecule has 0 saturated carbocycles. The van der Waals surface area contributed by atoms with Gasteiger partial charge in [0.25, 0.3) is 0 Å². The van der Waals surface area contributed by atoms with Crippen molar-refractivity contribution >= 4 is 0 Å². The lowest BCUT2D eigenvalue weighted by Crippen LogP contribution is -2.00. The number of hydrogen-bond acceptors (Lipinski definition) is 1. The first-order valence-corrected chi connectivity index (χ1v) is 6.47. The molecule has 0 spiro atoms. The highest BCUT2D eigenvalue weighted by molar-refractivity contribution is 5.34. The average molecular weight is 240 g/mol. The van der Waals surface area contributed by atoms with E-state index < -0.39 is 0 Å². The lowest BCUT2D eigenvalue weighted by Gasteiger charge is -2.12. The van der Waals surface area contributed by atoms with Gasteiger partial charge in [-0.3, -0.25) is 0 Å². The lowest BCUT2D eigenvalue weighted by atomic mass is 10.0. The van der Waals surface area contributed by atoms with Crippen LogP contribution in [0.25, 0.3) is 0 Å². The third-order valence-corrected chi connectivity index (χ3v) is 3.33. The van der Waals surface area contributed by atoms with Crippen molar-refractivity contribution in [3.05, 3.63) is 64.7 Å². The van der Waals surface area contributed by atoms with Crippen molar-refractivity contribution in [3.63, 3.8) is 0 Å². The Morgan fingerprint density at radius 2 is 1.61 bits per heavy atom. The van der Waals surface area contributed by atoms with Gasteiger partial charge in [-0.2, -0.15) is 0 Å². The largest absolute Gasteiger partial charge is 0.489 e. The molecule has 18 heavy (non-hydrogen) atoms. The summed E-state index contributed by atoms with van der Waals surface area (Å²) in [5.41, 5.74) is 5.19. The minimum Gasteiger partial charge on any atom is -0.489 e. The summed E-state index contributed by atoms with van der Waals surface area (Å²) in [4.78, 5) is 0. The van der Waals surface area contributed by atoms with Crippen molar-refractivity contribution in [2.75, 3.05) is 0 Å². The van der Waals surface area contributed by atoms with E-state index in [2.05, 4.69) is 57.2 Å². The van der Waals surface area contributed by atoms with E-state index in [1.807, 2.05) is 6.07 Å². The van der Waals surface area contributed by atoms with Crippen molar-refractivity contribution in [2.45, 2.75) is 33.8 Å². The Morgan fingerprint density at radius 1 is 0.944 bits per heavy atom. The molecule has 0 radical (unpaired) electrons. The second-order valence-corrected chi connectivity index (χ2v) is 4.66. The van der Waals surface area contributed by atoms with Gasteiger partial charge >= 0.3 is 0 Å². The van der Waals surface area contributed by atoms with E-state index in [-0.39, 0.29) is 0 Å². The van der Waals surface area contributed by atoms with E-state index >= 15 is 0 Å². The zero-order chi connectivity index (χ0) is 13.0. The Labute approximate surface area is 109 Å². The number of aryl methyl sites for hydroxylation is 3. The highest BCUT2D eigenvalue weighted by atomic mass is 16.5. The highest BCUT2D eigenvalue weighted by Crippen LogP contribution is 2.18. The molecule has 0 fully saturated rings. The molecule has 1 nitrogen and oxygen atoms in total. The molecule has 0 aliphatic rings. The van der Waals surface area contributed by atoms with Gasteiger partial charge in [-0.25, -0.2) is 0 Å². The fourth-order valence-corrected chi connectivity index (χ4v) is 2.09. The second-order valence-electron chi connectivity index (χ2n) is 4.66. The number of hydrogen-bond donors (Lipinski definition) is 0. The van der Waals surface area contributed by atoms with Gasteiger partial charge in [-0.15, -0.1) is 0 Å². The van der Waals surface area contributed by atoms with Crippen molar-refractivity contribution in [1.29, 1.82) is 0 Å². The van der Waals surface area contributed by atoms with Crippen LogP contribution in [0.3, 0.4) is 0 Å². The zero-order valence-corrected chi connectivity index (χ0v) is 11.4. The molecule has 0 unspecified atom stereocenters. The fraction of sp³-hybridized carbons (Fsp3) is 0.294. The first-order chi connectivity index (χ1) is 8.70. The molecular formula is C17H20O. The Bertz CT molecular complexity index is 509. The molecule has 0 aliphatic carbocycles. The third-order valence-electron chi connectivity index (χ3n) is 3.33. The molecule has 94 valence electrons. The van der Waals surface area contributed by atoms with Gasteiger partial charge in [0, 0.05) is 0 Å². The van der Waals surface area contributed by atoms with Crippen LogP contribution in [0.4, 0.5) is 0 Å². The molecule has 0 amide bonds. The first-order valence-electron chi connectivity index (χ1n) is 6.47. The standard InChI is InChI=1S/C17H20O/c1-4-15-9-6-10-16(11-15)18-12-17-13(2)7-5-8-14(17)3/h5-11H,4,12H2,1-3H3. The maximum Gasteiger partial charge on any atom is 0.120 e. The Hall–Kier alpha value is -1.76. The summed E-state index contributed by atoms with van der Waals surface area (Å²) in [6, 6.07) is 14.7. The fourth-order valence-electron chi connectivity index (χ4n) is 2.09. The van der Waals surface area contributed by atoms with E-state index in [1.165, 1.54) is 22.3 Å². The quantitative estimate of drug-likeness (QED) is 0.767. The Balaban J connectivity index is 2.11. The summed E-state index contributed by atoms with van der Waals surface area (Å²) in [6.45, 7) is 7.07. The van der Waals surface area contributed by atoms with Gasteiger partial charge < -0.3 is 4.74 Å². The molecule has 2 rings (SSSR count). The van der Waals surface area contributed by atoms with Crippen LogP contribution in [-0.2, 0) is 13.0 Å². The van der Waals surface area contributed by atoms with Crippen molar-refractivity contribution in [1.82, 2.24) is 0 Å². The number of ether oxygens (including phenoxy) is 1. The molecule has 2 aromatic rings. The Morgan fingerprint density at radius 3 is 2.28 bits per heavy atom. The summed E-state index contributed by atoms with van der Waals surface area (Å²) in [7, 11) is 0. The van der Waals surface area contributed by atoms with Gasteiger partial charge in [0.1, 0.15) is 12.4 Å². The van der Waals surface area contributed by atoms with Gasteiger partial charge in [0.2, 0.25) is 0 Å². The SMILES string of the molecule is CCc1cccc(OCc2c(C)cccc2C)c1. The van der Waals surface area contributed by atoms with Gasteiger partial charge in [-0.1, -0.05) is 37.3 Å². The van der Waals surface area contributed by atoms with Crippen molar-refractivity contribution < 1.29 is 4.74 Å². The smallest absolute Gasteiger partial charge is 0.120 e. The summed E-state index contributed by atoms with van der Waals surface area (Å²) in [5.74, 6) is 0.956. The van der Waals surface area contributed by atoms with Crippen LogP contribution >= 0.6 is 0 Å². The highest BCUT2D eigenvalue weighted by Gasteiger charge is 2.03. The lowest BCUT2D eigenvalue weighted by molar-refractivity contribution is 0.304. The molecule has 0 aromatic heterocycles. The molecule has 1 heteroatoms. The van der Waals surface area contributed by atoms with Crippen LogP contribution in [0.2, 0.25) is 0 Å². The molecular weight excluding hydrogens is 220 g/mol. The van der Waals surface area contributed by atoms with Gasteiger partial charge in [0.05, 0.1) is 0 Å². The van der Waals surface area contributed by atoms with Gasteiger partial charge in [-0.05, 0) is 54.7 Å². The van der Waals surface area contributed by atoms with Crippen LogP contribution in [0.15, 0.2) is 42.5 Å². The molecule has 0 heterocycles. The molecule has 2 aromatic carbocycles. The van der Waals surface area contributed by atoms with E-state index in [9.17, 15) is 0 Å². The molecule has 0 saturated heterocycles. The first kappa shape index (κ1) is 12.7. The summed E-state index contributed by atoms with van der Waals surface area (Å²) in [6.07, 6.45) is 1.04. The van der Waals surface area contributed by atoms with Crippen LogP contribution in [0.5, 0.6) is 5.75 Å². The van der Waals surface area contributed by atoms with Crippen molar-refractivity contribution in [2.24, 2.45) is 0 Å². The van der Waals surface area contributed by atoms with E-state index in [1.54, 1.807) is 0 Å². The van der Waals surface area contributed by atoms with E-state index in [4.69, 9.17) is 4.74 Å². The van der Waals surface area contributed by atoms with Crippen LogP contribution in [0.1, 0.15) is 29.2 Å². The number of benzene rings is 2. The topological polar surface area (TPSA) is 9.23 Å². The third kappa shape index (κ3) is 2.92. The van der Waals surface area contributed by atoms with E-state index in [0.717, 1.165) is 12.2 Å². The predicted molar refractivity (Wildman–Crippen MR) is 76.1 cm³/mol. The zero-order valence-electron chi connectivity index (χ0n) is 11.4.